The summed E-state index contributed by atoms with van der Waals surface area (Å²) in [5.41, 5.74) is -0.515. The number of hydrogen-bond acceptors (Lipinski definition) is 3. The van der Waals surface area contributed by atoms with E-state index in [1.165, 1.54) is 0 Å². The van der Waals surface area contributed by atoms with Crippen LogP contribution in [0.15, 0.2) is 0 Å². The van der Waals surface area contributed by atoms with Crippen LogP contribution in [-0.2, 0) is 9.53 Å². The summed E-state index contributed by atoms with van der Waals surface area (Å²) in [6.07, 6.45) is 0. The molecule has 70 valence electrons. The van der Waals surface area contributed by atoms with Crippen molar-refractivity contribution >= 4 is 23.8 Å². The summed E-state index contributed by atoms with van der Waals surface area (Å²) >= 11 is 3.43. The lowest BCUT2D eigenvalue weighted by Crippen LogP contribution is -2.32. The second-order valence-electron chi connectivity index (χ2n) is 3.25. The lowest BCUT2D eigenvalue weighted by atomic mass is 10.2. The third kappa shape index (κ3) is 7.40. The summed E-state index contributed by atoms with van der Waals surface area (Å²) < 4.78 is 4.90. The smallest absolute Gasteiger partial charge is 0.325 e. The summed E-state index contributed by atoms with van der Waals surface area (Å²) in [6, 6.07) is 0. The fraction of sp³-hybridized carbons (Fsp3) is 0.714. The highest BCUT2D eigenvalue weighted by Crippen LogP contribution is 2.06. The van der Waals surface area contributed by atoms with E-state index in [0.717, 1.165) is 0 Å². The number of amides is 1. The maximum absolute atomic E-state index is 10.9. The van der Waals surface area contributed by atoms with Gasteiger partial charge in [-0.3, -0.25) is 9.59 Å². The van der Waals surface area contributed by atoms with Crippen LogP contribution in [0.2, 0.25) is 0 Å². The molecule has 0 rings (SSSR count). The Labute approximate surface area is 77.1 Å². The van der Waals surface area contributed by atoms with Gasteiger partial charge >= 0.3 is 5.97 Å². The number of ether oxygens (including phenoxy) is 1. The van der Waals surface area contributed by atoms with Crippen molar-refractivity contribution in [1.29, 1.82) is 0 Å². The topological polar surface area (TPSA) is 55.4 Å². The lowest BCUT2D eigenvalue weighted by Gasteiger charge is -2.19. The molecule has 0 aliphatic rings. The number of rotatable bonds is 2. The first kappa shape index (κ1) is 11.3. The molecule has 0 heterocycles. The van der Waals surface area contributed by atoms with Gasteiger partial charge in [-0.15, -0.1) is 0 Å². The Morgan fingerprint density at radius 2 is 1.92 bits per heavy atom. The highest BCUT2D eigenvalue weighted by atomic mass is 32.1. The zero-order valence-corrected chi connectivity index (χ0v) is 8.27. The van der Waals surface area contributed by atoms with Gasteiger partial charge in [-0.1, -0.05) is 12.6 Å². The van der Waals surface area contributed by atoms with Crippen LogP contribution in [0.25, 0.3) is 0 Å². The third-order valence-electron chi connectivity index (χ3n) is 0.804. The van der Waals surface area contributed by atoms with Crippen LogP contribution in [0.3, 0.4) is 0 Å². The van der Waals surface area contributed by atoms with Gasteiger partial charge in [-0.25, -0.2) is 0 Å². The molecule has 0 saturated heterocycles. The van der Waals surface area contributed by atoms with E-state index < -0.39 is 16.8 Å². The Hall–Kier alpha value is -0.710. The van der Waals surface area contributed by atoms with Crippen LogP contribution in [0.1, 0.15) is 20.8 Å². The van der Waals surface area contributed by atoms with E-state index in [-0.39, 0.29) is 6.54 Å². The van der Waals surface area contributed by atoms with E-state index in [4.69, 9.17) is 4.74 Å². The Kier molecular flexibility index (Phi) is 4.09. The Balaban J connectivity index is 3.68. The maximum Gasteiger partial charge on any atom is 0.325 e. The normalized spacial score (nSPS) is 10.7. The second kappa shape index (κ2) is 4.35. The summed E-state index contributed by atoms with van der Waals surface area (Å²) in [5, 5.41) is 1.68. The molecule has 1 N–H and O–H groups in total. The molecule has 0 atom stereocenters. The number of carbonyl (C=O) groups is 2. The van der Waals surface area contributed by atoms with Gasteiger partial charge in [0.15, 0.2) is 0 Å². The van der Waals surface area contributed by atoms with Crippen molar-refractivity contribution < 1.29 is 14.3 Å². The van der Waals surface area contributed by atoms with E-state index >= 15 is 0 Å². The van der Waals surface area contributed by atoms with E-state index in [1.54, 1.807) is 20.8 Å². The summed E-state index contributed by atoms with van der Waals surface area (Å²) in [5.74, 6) is -0.468. The molecule has 0 fully saturated rings. The molecule has 5 heteroatoms. The molecule has 0 aliphatic heterocycles. The van der Waals surface area contributed by atoms with Crippen LogP contribution >= 0.6 is 12.6 Å². The number of nitrogens with one attached hydrogen (secondary N) is 1. The summed E-state index contributed by atoms with van der Waals surface area (Å²) in [7, 11) is 0. The predicted molar refractivity (Wildman–Crippen MR) is 48.2 cm³/mol. The summed E-state index contributed by atoms with van der Waals surface area (Å²) in [4.78, 5) is 21.2. The van der Waals surface area contributed by atoms with E-state index in [9.17, 15) is 9.59 Å². The minimum absolute atomic E-state index is 0.139. The van der Waals surface area contributed by atoms with Gasteiger partial charge in [0.05, 0.1) is 0 Å². The van der Waals surface area contributed by atoms with E-state index in [1.807, 2.05) is 0 Å². The van der Waals surface area contributed by atoms with Crippen molar-refractivity contribution in [2.24, 2.45) is 0 Å². The van der Waals surface area contributed by atoms with Crippen LogP contribution < -0.4 is 5.32 Å². The molecule has 0 radical (unpaired) electrons. The molecular weight excluding hydrogens is 178 g/mol. The van der Waals surface area contributed by atoms with Crippen molar-refractivity contribution in [2.75, 3.05) is 6.54 Å². The molecule has 0 spiro atoms. The van der Waals surface area contributed by atoms with Gasteiger partial charge in [0.1, 0.15) is 12.1 Å². The summed E-state index contributed by atoms with van der Waals surface area (Å²) in [6.45, 7) is 5.13. The van der Waals surface area contributed by atoms with Crippen molar-refractivity contribution in [1.82, 2.24) is 5.32 Å². The van der Waals surface area contributed by atoms with Crippen molar-refractivity contribution in [2.45, 2.75) is 26.4 Å². The molecule has 4 nitrogen and oxygen atoms in total. The van der Waals surface area contributed by atoms with Crippen LogP contribution in [0, 0.1) is 0 Å². The van der Waals surface area contributed by atoms with Gasteiger partial charge in [0, 0.05) is 0 Å². The van der Waals surface area contributed by atoms with Gasteiger partial charge in [0.25, 0.3) is 5.24 Å². The van der Waals surface area contributed by atoms with Crippen LogP contribution in [-0.4, -0.2) is 23.4 Å². The molecule has 12 heavy (non-hydrogen) atoms. The fourth-order valence-electron chi connectivity index (χ4n) is 0.525. The minimum Gasteiger partial charge on any atom is -0.459 e. The number of carbonyl (C=O) groups excluding carboxylic acids is 2. The SMILES string of the molecule is CC(C)(C)OC(=O)CNC(=O)S. The van der Waals surface area contributed by atoms with Crippen molar-refractivity contribution in [3.05, 3.63) is 0 Å². The van der Waals surface area contributed by atoms with Crippen LogP contribution in [0.4, 0.5) is 4.79 Å². The minimum atomic E-state index is -0.541. The largest absolute Gasteiger partial charge is 0.459 e. The molecule has 1 amide bonds. The average molecular weight is 191 g/mol. The fourth-order valence-corrected chi connectivity index (χ4v) is 0.604. The molecular formula is C7H13NO3S. The van der Waals surface area contributed by atoms with Crippen LogP contribution in [0.5, 0.6) is 0 Å². The first-order chi connectivity index (χ1) is 5.31. The monoisotopic (exact) mass is 191 g/mol. The second-order valence-corrected chi connectivity index (χ2v) is 3.65. The highest BCUT2D eigenvalue weighted by Gasteiger charge is 2.15. The first-order valence-corrected chi connectivity index (χ1v) is 3.94. The predicted octanol–water partition coefficient (Wildman–Crippen LogP) is 0.967. The van der Waals surface area contributed by atoms with Crippen molar-refractivity contribution in [3.8, 4) is 0 Å². The van der Waals surface area contributed by atoms with E-state index in [2.05, 4.69) is 17.9 Å². The van der Waals surface area contributed by atoms with Gasteiger partial charge < -0.3 is 10.1 Å². The standard InChI is InChI=1S/C7H13NO3S/c1-7(2,3)11-5(9)4-8-6(10)12/h4H2,1-3H3,(H2,8,10,12). The zero-order valence-electron chi connectivity index (χ0n) is 7.38. The van der Waals surface area contributed by atoms with E-state index in [0.29, 0.717) is 0 Å². The number of hydrogen-bond donors (Lipinski definition) is 2. The maximum atomic E-state index is 10.9. The number of esters is 1. The first-order valence-electron chi connectivity index (χ1n) is 3.50. The molecule has 0 aromatic rings. The van der Waals surface area contributed by atoms with Gasteiger partial charge in [0.2, 0.25) is 0 Å². The molecule has 0 aliphatic carbocycles. The van der Waals surface area contributed by atoms with Gasteiger partial charge in [-0.05, 0) is 20.8 Å². The highest BCUT2D eigenvalue weighted by molar-refractivity contribution is 7.96. The quantitative estimate of drug-likeness (QED) is 0.505. The Morgan fingerprint density at radius 1 is 1.42 bits per heavy atom. The zero-order chi connectivity index (χ0) is 9.78. The molecule has 0 unspecified atom stereocenters. The Bertz CT molecular complexity index is 186. The third-order valence-corrected chi connectivity index (χ3v) is 0.962. The molecule has 0 aromatic carbocycles. The Morgan fingerprint density at radius 3 is 2.25 bits per heavy atom. The lowest BCUT2D eigenvalue weighted by molar-refractivity contribution is -0.153. The number of thiol groups is 1. The van der Waals surface area contributed by atoms with Crippen molar-refractivity contribution in [3.63, 3.8) is 0 Å². The molecule has 0 aromatic heterocycles. The van der Waals surface area contributed by atoms with Gasteiger partial charge in [-0.2, -0.15) is 0 Å². The average Bonchev–Trinajstić information content (AvgIpc) is 1.79. The molecule has 0 saturated carbocycles. The molecule has 0 bridgehead atoms.